The van der Waals surface area contributed by atoms with Gasteiger partial charge in [0.2, 0.25) is 5.91 Å². The summed E-state index contributed by atoms with van der Waals surface area (Å²) in [6.07, 6.45) is -0.387. The van der Waals surface area contributed by atoms with Crippen LogP contribution in [0.4, 0.5) is 0 Å². The van der Waals surface area contributed by atoms with Gasteiger partial charge in [-0.25, -0.2) is 4.79 Å². The topological polar surface area (TPSA) is 104 Å². The van der Waals surface area contributed by atoms with E-state index in [9.17, 15) is 14.4 Å². The van der Waals surface area contributed by atoms with Gasteiger partial charge < -0.3 is 15.5 Å². The van der Waals surface area contributed by atoms with E-state index in [1.54, 1.807) is 0 Å². The molecule has 0 fully saturated rings. The number of hydrogen-bond donors (Lipinski definition) is 3. The van der Waals surface area contributed by atoms with Crippen molar-refractivity contribution in [2.45, 2.75) is 25.8 Å². The van der Waals surface area contributed by atoms with Crippen molar-refractivity contribution < 1.29 is 45.7 Å². The Kier molecular flexibility index (Phi) is 8.34. The second-order valence-corrected chi connectivity index (χ2v) is 2.52. The number of carboxylic acid groups (broad SMARTS) is 2. The van der Waals surface area contributed by atoms with Gasteiger partial charge in [-0.3, -0.25) is 9.59 Å². The maximum absolute atomic E-state index is 10.5. The van der Waals surface area contributed by atoms with Gasteiger partial charge in [0.05, 0.1) is 0 Å². The molecule has 0 heterocycles. The molecule has 0 saturated carbocycles. The zero-order valence-corrected chi connectivity index (χ0v) is 9.70. The van der Waals surface area contributed by atoms with Crippen LogP contribution in [0.15, 0.2) is 0 Å². The number of carboxylic acids is 2. The molecule has 0 aromatic rings. The SMILES string of the molecule is CC(=O)N[C@@H](CCC(=O)O)C(=O)O.[Pt]. The normalized spacial score (nSPS) is 10.9. The molecule has 0 aliphatic heterocycles. The summed E-state index contributed by atoms with van der Waals surface area (Å²) < 4.78 is 0. The smallest absolute Gasteiger partial charge is 0.326 e. The molecule has 7 heteroatoms. The molecule has 14 heavy (non-hydrogen) atoms. The van der Waals surface area contributed by atoms with Crippen molar-refractivity contribution in [3.05, 3.63) is 0 Å². The fraction of sp³-hybridized carbons (Fsp3) is 0.571. The first-order valence-electron chi connectivity index (χ1n) is 3.65. The summed E-state index contributed by atoms with van der Waals surface area (Å²) in [5, 5.41) is 18.9. The number of amides is 1. The zero-order valence-electron chi connectivity index (χ0n) is 7.43. The zero-order chi connectivity index (χ0) is 10.4. The third-order valence-electron chi connectivity index (χ3n) is 1.32. The molecule has 6 nitrogen and oxygen atoms in total. The van der Waals surface area contributed by atoms with E-state index in [1.165, 1.54) is 6.92 Å². The van der Waals surface area contributed by atoms with Crippen LogP contribution >= 0.6 is 0 Å². The molecule has 0 aliphatic rings. The van der Waals surface area contributed by atoms with Crippen LogP contribution in [0.3, 0.4) is 0 Å². The largest absolute Gasteiger partial charge is 0.481 e. The van der Waals surface area contributed by atoms with Gasteiger partial charge in [-0.2, -0.15) is 0 Å². The van der Waals surface area contributed by atoms with Crippen molar-refractivity contribution in [3.8, 4) is 0 Å². The minimum atomic E-state index is -1.23. The third kappa shape index (κ3) is 7.73. The van der Waals surface area contributed by atoms with Crippen molar-refractivity contribution >= 4 is 17.8 Å². The quantitative estimate of drug-likeness (QED) is 0.590. The predicted molar refractivity (Wildman–Crippen MR) is 42.1 cm³/mol. The average molecular weight is 384 g/mol. The van der Waals surface area contributed by atoms with Crippen molar-refractivity contribution in [1.82, 2.24) is 5.32 Å². The van der Waals surface area contributed by atoms with Crippen molar-refractivity contribution in [2.75, 3.05) is 0 Å². The summed E-state index contributed by atoms with van der Waals surface area (Å²) in [7, 11) is 0. The Morgan fingerprint density at radius 1 is 1.29 bits per heavy atom. The number of carbonyl (C=O) groups is 3. The second-order valence-electron chi connectivity index (χ2n) is 2.52. The minimum absolute atomic E-state index is 0. The van der Waals surface area contributed by atoms with E-state index in [1.807, 2.05) is 0 Å². The molecule has 0 rings (SSSR count). The Labute approximate surface area is 94.9 Å². The van der Waals surface area contributed by atoms with Crippen LogP contribution in [-0.4, -0.2) is 34.1 Å². The minimum Gasteiger partial charge on any atom is -0.481 e. The third-order valence-corrected chi connectivity index (χ3v) is 1.32. The maximum atomic E-state index is 10.5. The van der Waals surface area contributed by atoms with E-state index < -0.39 is 23.9 Å². The van der Waals surface area contributed by atoms with Gasteiger partial charge in [-0.15, -0.1) is 0 Å². The first-order chi connectivity index (χ1) is 5.93. The van der Waals surface area contributed by atoms with E-state index in [4.69, 9.17) is 10.2 Å². The Morgan fingerprint density at radius 3 is 2.07 bits per heavy atom. The van der Waals surface area contributed by atoms with Gasteiger partial charge in [0.25, 0.3) is 0 Å². The number of aliphatic carboxylic acids is 2. The van der Waals surface area contributed by atoms with E-state index in [0.717, 1.165) is 0 Å². The molecule has 0 aromatic heterocycles. The summed E-state index contributed by atoms with van der Waals surface area (Å²) in [5.74, 6) is -2.80. The second kappa shape index (κ2) is 7.50. The molecule has 84 valence electrons. The molecule has 1 amide bonds. The van der Waals surface area contributed by atoms with E-state index >= 15 is 0 Å². The van der Waals surface area contributed by atoms with Gasteiger partial charge in [0.15, 0.2) is 0 Å². The summed E-state index contributed by atoms with van der Waals surface area (Å²) in [6, 6.07) is -1.12. The Bertz CT molecular complexity index is 230. The van der Waals surface area contributed by atoms with Gasteiger partial charge in [0, 0.05) is 34.4 Å². The molecular weight excluding hydrogens is 373 g/mol. The van der Waals surface area contributed by atoms with Crippen LogP contribution in [0, 0.1) is 0 Å². The molecular formula is C7H11NO5Pt. The van der Waals surface area contributed by atoms with Crippen LogP contribution in [0.1, 0.15) is 19.8 Å². The molecule has 0 spiro atoms. The van der Waals surface area contributed by atoms with Crippen LogP contribution in [0.25, 0.3) is 0 Å². The van der Waals surface area contributed by atoms with Gasteiger partial charge in [0.1, 0.15) is 6.04 Å². The number of nitrogens with one attached hydrogen (secondary N) is 1. The average Bonchev–Trinajstić information content (AvgIpc) is 1.96. The van der Waals surface area contributed by atoms with Crippen molar-refractivity contribution in [1.29, 1.82) is 0 Å². The number of rotatable bonds is 5. The van der Waals surface area contributed by atoms with Gasteiger partial charge in [-0.05, 0) is 6.42 Å². The van der Waals surface area contributed by atoms with Crippen LogP contribution in [0.2, 0.25) is 0 Å². The standard InChI is InChI=1S/C7H11NO5.Pt/c1-4(9)8-5(7(12)13)2-3-6(10)11;/h5H,2-3H2,1H3,(H,8,9)(H,10,11)(H,12,13);/t5-;/m0./s1. The van der Waals surface area contributed by atoms with Crippen LogP contribution < -0.4 is 5.32 Å². The Balaban J connectivity index is 0. The van der Waals surface area contributed by atoms with Crippen molar-refractivity contribution in [3.63, 3.8) is 0 Å². The van der Waals surface area contributed by atoms with Crippen LogP contribution in [-0.2, 0) is 35.4 Å². The van der Waals surface area contributed by atoms with Gasteiger partial charge in [-0.1, -0.05) is 0 Å². The predicted octanol–water partition coefficient (Wildman–Crippen LogP) is -0.562. The first-order valence-corrected chi connectivity index (χ1v) is 3.65. The summed E-state index contributed by atoms with van der Waals surface area (Å²) in [5.41, 5.74) is 0. The van der Waals surface area contributed by atoms with Crippen molar-refractivity contribution in [2.24, 2.45) is 0 Å². The monoisotopic (exact) mass is 384 g/mol. The van der Waals surface area contributed by atoms with E-state index in [0.29, 0.717) is 0 Å². The summed E-state index contributed by atoms with van der Waals surface area (Å²) >= 11 is 0. The molecule has 0 bridgehead atoms. The Morgan fingerprint density at radius 2 is 1.79 bits per heavy atom. The molecule has 0 saturated heterocycles. The fourth-order valence-corrected chi connectivity index (χ4v) is 0.771. The molecule has 3 N–H and O–H groups in total. The molecule has 0 aliphatic carbocycles. The summed E-state index contributed by atoms with van der Waals surface area (Å²) in [4.78, 5) is 31.0. The van der Waals surface area contributed by atoms with E-state index in [-0.39, 0.29) is 33.9 Å². The fourth-order valence-electron chi connectivity index (χ4n) is 0.771. The molecule has 1 atom stereocenters. The molecule has 0 aromatic carbocycles. The summed E-state index contributed by atoms with van der Waals surface area (Å²) in [6.45, 7) is 1.18. The molecule has 0 unspecified atom stereocenters. The van der Waals surface area contributed by atoms with E-state index in [2.05, 4.69) is 5.32 Å². The van der Waals surface area contributed by atoms with Gasteiger partial charge >= 0.3 is 11.9 Å². The van der Waals surface area contributed by atoms with Crippen LogP contribution in [0.5, 0.6) is 0 Å². The molecule has 0 radical (unpaired) electrons. The number of hydrogen-bond acceptors (Lipinski definition) is 3. The first kappa shape index (κ1) is 15.6. The number of carbonyl (C=O) groups excluding carboxylic acids is 1. The Hall–Kier alpha value is -0.902. The maximum Gasteiger partial charge on any atom is 0.326 e.